The summed E-state index contributed by atoms with van der Waals surface area (Å²) in [6, 6.07) is 3.02. The number of halogens is 1. The van der Waals surface area contributed by atoms with Gasteiger partial charge in [-0.15, -0.1) is 0 Å². The number of fused-ring (bicyclic) bond motifs is 1. The molecule has 22 heavy (non-hydrogen) atoms. The Morgan fingerprint density at radius 1 is 1.36 bits per heavy atom. The van der Waals surface area contributed by atoms with Gasteiger partial charge in [-0.05, 0) is 50.3 Å². The Balaban J connectivity index is 2.26. The van der Waals surface area contributed by atoms with Crippen molar-refractivity contribution in [1.82, 2.24) is 4.57 Å². The van der Waals surface area contributed by atoms with Crippen molar-refractivity contribution in [2.75, 3.05) is 6.61 Å². The van der Waals surface area contributed by atoms with Crippen molar-refractivity contribution in [3.05, 3.63) is 45.5 Å². The maximum absolute atomic E-state index is 14.2. The SMILES string of the molecule is CCOC(=O)c1cn(CC)c2cc(C3CC3)c(F)cc2c1=O. The Kier molecular flexibility index (Phi) is 3.72. The van der Waals surface area contributed by atoms with E-state index in [2.05, 4.69) is 0 Å². The summed E-state index contributed by atoms with van der Waals surface area (Å²) in [7, 11) is 0. The molecule has 2 aromatic rings. The molecule has 1 aromatic carbocycles. The number of rotatable bonds is 4. The number of hydrogen-bond acceptors (Lipinski definition) is 3. The zero-order chi connectivity index (χ0) is 15.9. The minimum absolute atomic E-state index is 0.0465. The topological polar surface area (TPSA) is 48.3 Å². The fraction of sp³-hybridized carbons (Fsp3) is 0.412. The van der Waals surface area contributed by atoms with E-state index >= 15 is 0 Å². The van der Waals surface area contributed by atoms with Crippen LogP contribution in [0.4, 0.5) is 4.39 Å². The van der Waals surface area contributed by atoms with Crippen molar-refractivity contribution in [3.63, 3.8) is 0 Å². The third kappa shape index (κ3) is 2.40. The second-order valence-electron chi connectivity index (χ2n) is 5.54. The normalized spacial score (nSPS) is 14.3. The molecule has 1 aromatic heterocycles. The van der Waals surface area contributed by atoms with Gasteiger partial charge < -0.3 is 9.30 Å². The van der Waals surface area contributed by atoms with Crippen LogP contribution < -0.4 is 5.43 Å². The van der Waals surface area contributed by atoms with Crippen LogP contribution in [0.25, 0.3) is 10.9 Å². The molecule has 0 N–H and O–H groups in total. The number of carbonyl (C=O) groups is 1. The largest absolute Gasteiger partial charge is 0.462 e. The van der Waals surface area contributed by atoms with Crippen LogP contribution in [0.15, 0.2) is 23.1 Å². The molecule has 0 bridgehead atoms. The van der Waals surface area contributed by atoms with Crippen LogP contribution in [0, 0.1) is 5.82 Å². The molecule has 5 heteroatoms. The summed E-state index contributed by atoms with van der Waals surface area (Å²) < 4.78 is 21.0. The lowest BCUT2D eigenvalue weighted by atomic mass is 10.0. The number of carbonyl (C=O) groups excluding carboxylic acids is 1. The molecule has 0 atom stereocenters. The molecule has 0 radical (unpaired) electrons. The number of benzene rings is 1. The molecule has 116 valence electrons. The van der Waals surface area contributed by atoms with E-state index < -0.39 is 11.4 Å². The van der Waals surface area contributed by atoms with Gasteiger partial charge in [0.1, 0.15) is 11.4 Å². The van der Waals surface area contributed by atoms with Gasteiger partial charge in [0.05, 0.1) is 12.1 Å². The second kappa shape index (κ2) is 5.55. The molecule has 4 nitrogen and oxygen atoms in total. The average Bonchev–Trinajstić information content (AvgIpc) is 3.32. The average molecular weight is 303 g/mol. The van der Waals surface area contributed by atoms with Gasteiger partial charge in [0.15, 0.2) is 0 Å². The monoisotopic (exact) mass is 303 g/mol. The lowest BCUT2D eigenvalue weighted by molar-refractivity contribution is 0.0524. The molecule has 1 aliphatic rings. The first-order chi connectivity index (χ1) is 10.6. The number of hydrogen-bond donors (Lipinski definition) is 0. The number of nitrogens with zero attached hydrogens (tertiary/aromatic N) is 1. The number of aromatic nitrogens is 1. The molecule has 1 saturated carbocycles. The Morgan fingerprint density at radius 3 is 2.68 bits per heavy atom. The molecule has 1 aliphatic carbocycles. The maximum Gasteiger partial charge on any atom is 0.343 e. The van der Waals surface area contributed by atoms with E-state index in [1.165, 1.54) is 12.3 Å². The highest BCUT2D eigenvalue weighted by Crippen LogP contribution is 2.42. The van der Waals surface area contributed by atoms with E-state index in [9.17, 15) is 14.0 Å². The molecule has 0 aliphatic heterocycles. The van der Waals surface area contributed by atoms with Crippen LogP contribution in [-0.2, 0) is 11.3 Å². The van der Waals surface area contributed by atoms with Crippen LogP contribution in [0.2, 0.25) is 0 Å². The summed E-state index contributed by atoms with van der Waals surface area (Å²) in [5.74, 6) is -0.770. The van der Waals surface area contributed by atoms with Crippen molar-refractivity contribution >= 4 is 16.9 Å². The zero-order valence-corrected chi connectivity index (χ0v) is 12.7. The summed E-state index contributed by atoms with van der Waals surface area (Å²) in [6.45, 7) is 4.37. The molecule has 0 spiro atoms. The highest BCUT2D eigenvalue weighted by atomic mass is 19.1. The lowest BCUT2D eigenvalue weighted by Gasteiger charge is -2.13. The van der Waals surface area contributed by atoms with Crippen LogP contribution in [0.3, 0.4) is 0 Å². The van der Waals surface area contributed by atoms with E-state index in [4.69, 9.17) is 4.74 Å². The van der Waals surface area contributed by atoms with Crippen molar-refractivity contribution in [3.8, 4) is 0 Å². The number of ether oxygens (including phenoxy) is 1. The molecule has 1 fully saturated rings. The molecule has 3 rings (SSSR count). The molecule has 0 amide bonds. The summed E-state index contributed by atoms with van der Waals surface area (Å²) in [5, 5.41) is 0.231. The second-order valence-corrected chi connectivity index (χ2v) is 5.54. The zero-order valence-electron chi connectivity index (χ0n) is 12.7. The van der Waals surface area contributed by atoms with Crippen molar-refractivity contribution in [1.29, 1.82) is 0 Å². The van der Waals surface area contributed by atoms with Gasteiger partial charge >= 0.3 is 5.97 Å². The van der Waals surface area contributed by atoms with Gasteiger partial charge in [-0.2, -0.15) is 0 Å². The minimum atomic E-state index is -0.664. The summed E-state index contributed by atoms with van der Waals surface area (Å²) >= 11 is 0. The quantitative estimate of drug-likeness (QED) is 0.815. The van der Waals surface area contributed by atoms with Gasteiger partial charge in [0, 0.05) is 18.1 Å². The third-order valence-electron chi connectivity index (χ3n) is 4.05. The van der Waals surface area contributed by atoms with E-state index in [1.54, 1.807) is 17.6 Å². The first kappa shape index (κ1) is 14.8. The first-order valence-corrected chi connectivity index (χ1v) is 7.60. The van der Waals surface area contributed by atoms with Crippen LogP contribution in [0.1, 0.15) is 48.5 Å². The van der Waals surface area contributed by atoms with Crippen molar-refractivity contribution < 1.29 is 13.9 Å². The molecular weight excluding hydrogens is 285 g/mol. The molecular formula is C17H18FNO3. The maximum atomic E-state index is 14.2. The van der Waals surface area contributed by atoms with Crippen LogP contribution in [-0.4, -0.2) is 17.1 Å². The molecule has 0 saturated heterocycles. The summed E-state index contributed by atoms with van der Waals surface area (Å²) in [6.07, 6.45) is 3.48. The van der Waals surface area contributed by atoms with Gasteiger partial charge in [-0.3, -0.25) is 4.79 Å². The lowest BCUT2D eigenvalue weighted by Crippen LogP contribution is -2.21. The van der Waals surface area contributed by atoms with Crippen LogP contribution in [0.5, 0.6) is 0 Å². The van der Waals surface area contributed by atoms with Crippen molar-refractivity contribution in [2.45, 2.75) is 39.2 Å². The predicted molar refractivity (Wildman–Crippen MR) is 81.8 cm³/mol. The Hall–Kier alpha value is -2.17. The number of aryl methyl sites for hydroxylation is 1. The Morgan fingerprint density at radius 2 is 2.09 bits per heavy atom. The summed E-state index contributed by atoms with van der Waals surface area (Å²) in [4.78, 5) is 24.4. The van der Waals surface area contributed by atoms with Crippen LogP contribution >= 0.6 is 0 Å². The predicted octanol–water partition coefficient (Wildman–Crippen LogP) is 3.21. The molecule has 1 heterocycles. The number of esters is 1. The standard InChI is InChI=1S/C17H18FNO3/c1-3-19-9-13(17(21)22-4-2)16(20)12-7-14(18)11(8-15(12)19)10-5-6-10/h7-10H,3-6H2,1-2H3. The smallest absolute Gasteiger partial charge is 0.343 e. The third-order valence-corrected chi connectivity index (χ3v) is 4.05. The van der Waals surface area contributed by atoms with Crippen molar-refractivity contribution in [2.24, 2.45) is 0 Å². The van der Waals surface area contributed by atoms with E-state index in [-0.39, 0.29) is 29.3 Å². The Labute approximate surface area is 127 Å². The van der Waals surface area contributed by atoms with Gasteiger partial charge in [0.25, 0.3) is 0 Å². The Bertz CT molecular complexity index is 806. The molecule has 0 unspecified atom stereocenters. The van der Waals surface area contributed by atoms with E-state index in [0.717, 1.165) is 12.8 Å². The fourth-order valence-electron chi connectivity index (χ4n) is 2.75. The van der Waals surface area contributed by atoms with Gasteiger partial charge in [0.2, 0.25) is 5.43 Å². The number of pyridine rings is 1. The minimum Gasteiger partial charge on any atom is -0.462 e. The van der Waals surface area contributed by atoms with E-state index in [1.807, 2.05) is 6.92 Å². The highest BCUT2D eigenvalue weighted by molar-refractivity contribution is 5.94. The fourth-order valence-corrected chi connectivity index (χ4v) is 2.75. The van der Waals surface area contributed by atoms with E-state index in [0.29, 0.717) is 17.6 Å². The first-order valence-electron chi connectivity index (χ1n) is 7.60. The van der Waals surface area contributed by atoms with Gasteiger partial charge in [-0.1, -0.05) is 0 Å². The summed E-state index contributed by atoms with van der Waals surface area (Å²) in [5.41, 5.74) is 0.816. The van der Waals surface area contributed by atoms with Gasteiger partial charge in [-0.25, -0.2) is 9.18 Å². The highest BCUT2D eigenvalue weighted by Gasteiger charge is 2.28.